The summed E-state index contributed by atoms with van der Waals surface area (Å²) in [6.07, 6.45) is -3.93. The van der Waals surface area contributed by atoms with Gasteiger partial charge in [0.05, 0.1) is 11.8 Å². The lowest BCUT2D eigenvalue weighted by molar-refractivity contribution is -0.194. The van der Waals surface area contributed by atoms with E-state index in [4.69, 9.17) is 28.4 Å². The Morgan fingerprint density at radius 3 is 1.81 bits per heavy atom. The maximum absolute atomic E-state index is 14.7. The van der Waals surface area contributed by atoms with Crippen LogP contribution < -0.4 is 0 Å². The maximum Gasteiger partial charge on any atom is 0.308 e. The molecule has 0 aromatic rings. The van der Waals surface area contributed by atoms with Crippen LogP contribution in [0.1, 0.15) is 89.0 Å². The zero-order valence-electron chi connectivity index (χ0n) is 29.8. The van der Waals surface area contributed by atoms with Crippen LogP contribution in [0.5, 0.6) is 0 Å². The largest absolute Gasteiger partial charge is 0.461 e. The van der Waals surface area contributed by atoms with Crippen molar-refractivity contribution in [1.29, 1.82) is 0 Å². The van der Waals surface area contributed by atoms with Gasteiger partial charge in [0, 0.05) is 57.9 Å². The third-order valence-electron chi connectivity index (χ3n) is 8.88. The van der Waals surface area contributed by atoms with E-state index in [9.17, 15) is 33.6 Å². The number of ketones is 1. The highest BCUT2D eigenvalue weighted by atomic mass is 16.6. The Morgan fingerprint density at radius 2 is 1.33 bits per heavy atom. The second kappa shape index (κ2) is 15.9. The van der Waals surface area contributed by atoms with Gasteiger partial charge in [0.2, 0.25) is 0 Å². The van der Waals surface area contributed by atoms with Crippen LogP contribution in [-0.4, -0.2) is 77.7 Å². The van der Waals surface area contributed by atoms with E-state index in [1.54, 1.807) is 47.6 Å². The summed E-state index contributed by atoms with van der Waals surface area (Å²) in [5.41, 5.74) is -3.43. The van der Waals surface area contributed by atoms with E-state index in [2.05, 4.69) is 6.58 Å². The van der Waals surface area contributed by atoms with E-state index in [1.807, 2.05) is 0 Å². The van der Waals surface area contributed by atoms with Crippen molar-refractivity contribution in [1.82, 2.24) is 0 Å². The Hall–Kier alpha value is -4.03. The van der Waals surface area contributed by atoms with Crippen LogP contribution in [0.4, 0.5) is 0 Å². The molecule has 0 aliphatic heterocycles. The van der Waals surface area contributed by atoms with Gasteiger partial charge in [0.15, 0.2) is 29.7 Å². The van der Waals surface area contributed by atoms with Gasteiger partial charge in [-0.05, 0) is 12.3 Å². The molecule has 1 fully saturated rings. The summed E-state index contributed by atoms with van der Waals surface area (Å²) >= 11 is 0. The lowest BCUT2D eigenvalue weighted by Gasteiger charge is -2.44. The zero-order chi connectivity index (χ0) is 36.9. The fraction of sp³-hybridized carbons (Fsp3) is 0.686. The molecular weight excluding hydrogens is 628 g/mol. The fourth-order valence-electron chi connectivity index (χ4n) is 6.56. The Labute approximate surface area is 282 Å². The predicted octanol–water partition coefficient (Wildman–Crippen LogP) is 3.99. The average molecular weight is 679 g/mol. The standard InChI is InChI=1S/C35H50O13/c1-13-17(2)33(42)47-27-19(4)16-35(48-25(10)40)26(27)28(43-21(6)36)20(5)29(44-22(7)37)30(45-23(8)38)32(46-24(9)39)34(11,12)15-14-18(3)31(35)41/h14-15,17-19,26-30,32H,5,13,16H2,1-4,6-12H3/b15-14+/t17-,18+,19-,26+,27-,28+,29-,30-,32+,35+/m0/s1. The van der Waals surface area contributed by atoms with E-state index < -0.39 is 107 Å². The molecule has 0 N–H and O–H groups in total. The number of carbonyl (C=O) groups is 7. The molecule has 2 aliphatic rings. The van der Waals surface area contributed by atoms with Gasteiger partial charge in [0.1, 0.15) is 12.2 Å². The summed E-state index contributed by atoms with van der Waals surface area (Å²) in [7, 11) is 0. The molecule has 10 atom stereocenters. The van der Waals surface area contributed by atoms with Gasteiger partial charge in [-0.25, -0.2) is 0 Å². The van der Waals surface area contributed by atoms with E-state index in [0.29, 0.717) is 6.42 Å². The van der Waals surface area contributed by atoms with E-state index in [-0.39, 0.29) is 12.0 Å². The van der Waals surface area contributed by atoms with Crippen LogP contribution in [0, 0.1) is 29.1 Å². The summed E-state index contributed by atoms with van der Waals surface area (Å²) in [6.45, 7) is 19.8. The van der Waals surface area contributed by atoms with E-state index in [0.717, 1.165) is 34.6 Å². The van der Waals surface area contributed by atoms with Gasteiger partial charge in [-0.15, -0.1) is 0 Å². The highest BCUT2D eigenvalue weighted by Gasteiger charge is 2.66. The number of hydrogen-bond acceptors (Lipinski definition) is 13. The third-order valence-corrected chi connectivity index (χ3v) is 8.88. The number of allylic oxidation sites excluding steroid dienone is 1. The van der Waals surface area contributed by atoms with Crippen LogP contribution in [0.25, 0.3) is 0 Å². The lowest BCUT2D eigenvalue weighted by atomic mass is 9.72. The van der Waals surface area contributed by atoms with Gasteiger partial charge in [-0.3, -0.25) is 33.6 Å². The minimum Gasteiger partial charge on any atom is -0.461 e. The van der Waals surface area contributed by atoms with Gasteiger partial charge >= 0.3 is 35.8 Å². The molecule has 13 nitrogen and oxygen atoms in total. The number of fused-ring (bicyclic) bond motifs is 1. The van der Waals surface area contributed by atoms with Gasteiger partial charge in [-0.1, -0.05) is 60.3 Å². The second-order valence-corrected chi connectivity index (χ2v) is 13.5. The first-order valence-electron chi connectivity index (χ1n) is 16.1. The van der Waals surface area contributed by atoms with Crippen molar-refractivity contribution in [2.24, 2.45) is 29.1 Å². The van der Waals surface area contributed by atoms with Crippen molar-refractivity contribution in [3.05, 3.63) is 24.3 Å². The summed E-state index contributed by atoms with van der Waals surface area (Å²) in [5.74, 6) is -8.85. The Morgan fingerprint density at radius 1 is 0.812 bits per heavy atom. The minimum absolute atomic E-state index is 0.122. The average Bonchev–Trinajstić information content (AvgIpc) is 3.23. The van der Waals surface area contributed by atoms with Gasteiger partial charge < -0.3 is 28.4 Å². The number of hydrogen-bond donors (Lipinski definition) is 0. The topological polar surface area (TPSA) is 175 Å². The molecule has 0 heterocycles. The lowest BCUT2D eigenvalue weighted by Crippen LogP contribution is -2.59. The molecule has 0 unspecified atom stereocenters. The fourth-order valence-corrected chi connectivity index (χ4v) is 6.56. The van der Waals surface area contributed by atoms with Crippen LogP contribution in [0.2, 0.25) is 0 Å². The van der Waals surface area contributed by atoms with Crippen molar-refractivity contribution in [3.63, 3.8) is 0 Å². The molecule has 0 radical (unpaired) electrons. The minimum atomic E-state index is -2.03. The first kappa shape index (κ1) is 40.1. The number of Topliss-reactive ketones (excluding diaryl/α,β-unsaturated/α-hetero) is 1. The molecule has 2 rings (SSSR count). The maximum atomic E-state index is 14.7. The molecule has 0 aromatic carbocycles. The first-order chi connectivity index (χ1) is 22.1. The van der Waals surface area contributed by atoms with Crippen LogP contribution in [-0.2, 0) is 62.0 Å². The number of carbonyl (C=O) groups excluding carboxylic acids is 7. The van der Waals surface area contributed by atoms with Crippen LogP contribution in [0.3, 0.4) is 0 Å². The molecule has 0 amide bonds. The van der Waals surface area contributed by atoms with Crippen LogP contribution in [0.15, 0.2) is 24.3 Å². The molecule has 2 aliphatic carbocycles. The van der Waals surface area contributed by atoms with Crippen molar-refractivity contribution >= 4 is 41.6 Å². The monoisotopic (exact) mass is 678 g/mol. The summed E-state index contributed by atoms with van der Waals surface area (Å²) in [4.78, 5) is 91.3. The molecule has 268 valence electrons. The number of esters is 6. The Balaban J connectivity index is 3.15. The normalized spacial score (nSPS) is 33.0. The quantitative estimate of drug-likeness (QED) is 0.205. The molecular formula is C35H50O13. The number of ether oxygens (including phenoxy) is 6. The van der Waals surface area contributed by atoms with Crippen molar-refractivity contribution in [2.75, 3.05) is 0 Å². The van der Waals surface area contributed by atoms with Gasteiger partial charge in [0.25, 0.3) is 0 Å². The Bertz CT molecular complexity index is 1330. The zero-order valence-corrected chi connectivity index (χ0v) is 29.8. The van der Waals surface area contributed by atoms with E-state index >= 15 is 0 Å². The third kappa shape index (κ3) is 9.10. The molecule has 48 heavy (non-hydrogen) atoms. The molecule has 0 aromatic heterocycles. The van der Waals surface area contributed by atoms with Gasteiger partial charge in [-0.2, -0.15) is 0 Å². The molecule has 0 bridgehead atoms. The van der Waals surface area contributed by atoms with Crippen LogP contribution >= 0.6 is 0 Å². The molecule has 1 saturated carbocycles. The highest BCUT2D eigenvalue weighted by Crippen LogP contribution is 2.51. The number of rotatable bonds is 8. The molecule has 0 saturated heterocycles. The van der Waals surface area contributed by atoms with E-state index in [1.165, 1.54) is 6.08 Å². The van der Waals surface area contributed by atoms with Crippen molar-refractivity contribution < 1.29 is 62.0 Å². The second-order valence-electron chi connectivity index (χ2n) is 13.5. The summed E-state index contributed by atoms with van der Waals surface area (Å²) in [5, 5.41) is 0. The smallest absolute Gasteiger partial charge is 0.308 e. The summed E-state index contributed by atoms with van der Waals surface area (Å²) < 4.78 is 35.0. The SMILES string of the molecule is C=C1[C@@H](OC(C)=O)[C@H]2[C@@H](OC(=O)[C@@H](C)CC)[C@@H](C)C[C@]2(OC(C)=O)C(=O)[C@H](C)/C=C/C(C)(C)[C@H](OC(C)=O)[C@@H](OC(C)=O)[C@H]1OC(C)=O. The predicted molar refractivity (Wildman–Crippen MR) is 170 cm³/mol. The highest BCUT2D eigenvalue weighted by molar-refractivity contribution is 5.93. The Kier molecular flexibility index (Phi) is 13.3. The first-order valence-corrected chi connectivity index (χ1v) is 16.1. The molecule has 13 heteroatoms. The van der Waals surface area contributed by atoms with Crippen molar-refractivity contribution in [2.45, 2.75) is 125 Å². The van der Waals surface area contributed by atoms with Crippen molar-refractivity contribution in [3.8, 4) is 0 Å². The summed E-state index contributed by atoms with van der Waals surface area (Å²) in [6, 6.07) is 0. The molecule has 0 spiro atoms.